The summed E-state index contributed by atoms with van der Waals surface area (Å²) in [6, 6.07) is 0. The minimum Gasteiger partial charge on any atom is -0.481 e. The molecule has 0 aliphatic heterocycles. The van der Waals surface area contributed by atoms with Crippen molar-refractivity contribution < 1.29 is 15.0 Å². The third kappa shape index (κ3) is 14.1. The van der Waals surface area contributed by atoms with Gasteiger partial charge in [0.1, 0.15) is 0 Å². The van der Waals surface area contributed by atoms with Crippen LogP contribution in [0.3, 0.4) is 0 Å². The molecule has 0 aromatic carbocycles. The fraction of sp³-hybridized carbons (Fsp3) is 0.842. The van der Waals surface area contributed by atoms with Crippen LogP contribution >= 0.6 is 0 Å². The number of aliphatic hydroxyl groups excluding tert-OH is 1. The Morgan fingerprint density at radius 1 is 0.864 bits per heavy atom. The Morgan fingerprint density at radius 2 is 1.36 bits per heavy atom. The summed E-state index contributed by atoms with van der Waals surface area (Å²) in [5.41, 5.74) is 0. The van der Waals surface area contributed by atoms with Gasteiger partial charge in [-0.15, -0.1) is 0 Å². The van der Waals surface area contributed by atoms with Crippen molar-refractivity contribution in [3.63, 3.8) is 0 Å². The summed E-state index contributed by atoms with van der Waals surface area (Å²) in [4.78, 5) is 10.7. The maximum absolute atomic E-state index is 10.7. The Kier molecular flexibility index (Phi) is 15.9. The average Bonchev–Trinajstić information content (AvgIpc) is 2.51. The zero-order valence-corrected chi connectivity index (χ0v) is 14.4. The highest BCUT2D eigenvalue weighted by Gasteiger charge is 2.14. The highest BCUT2D eigenvalue weighted by molar-refractivity contribution is 5.69. The zero-order valence-electron chi connectivity index (χ0n) is 14.4. The van der Waals surface area contributed by atoms with Gasteiger partial charge < -0.3 is 10.2 Å². The van der Waals surface area contributed by atoms with Gasteiger partial charge in [-0.25, -0.2) is 0 Å². The molecule has 0 aromatic rings. The predicted octanol–water partition coefficient (Wildman–Crippen LogP) is 5.33. The quantitative estimate of drug-likeness (QED) is 0.299. The summed E-state index contributed by atoms with van der Waals surface area (Å²) < 4.78 is 0. The van der Waals surface area contributed by atoms with E-state index in [0.29, 0.717) is 6.42 Å². The van der Waals surface area contributed by atoms with E-state index in [0.717, 1.165) is 25.7 Å². The van der Waals surface area contributed by atoms with Gasteiger partial charge in [0.05, 0.1) is 12.5 Å². The molecule has 3 heteroatoms. The highest BCUT2D eigenvalue weighted by Crippen LogP contribution is 2.12. The molecule has 0 heterocycles. The van der Waals surface area contributed by atoms with Crippen molar-refractivity contribution in [2.24, 2.45) is 5.92 Å². The van der Waals surface area contributed by atoms with Gasteiger partial charge in [0, 0.05) is 0 Å². The van der Waals surface area contributed by atoms with Gasteiger partial charge in [-0.05, 0) is 32.1 Å². The molecule has 0 bridgehead atoms. The van der Waals surface area contributed by atoms with Crippen LogP contribution in [0.5, 0.6) is 0 Å². The number of carboxylic acids is 1. The number of hydrogen-bond acceptors (Lipinski definition) is 2. The first-order valence-electron chi connectivity index (χ1n) is 9.21. The van der Waals surface area contributed by atoms with Crippen molar-refractivity contribution in [3.05, 3.63) is 12.2 Å². The predicted molar refractivity (Wildman–Crippen MR) is 93.0 cm³/mol. The molecule has 2 N–H and O–H groups in total. The normalized spacial score (nSPS) is 12.8. The molecule has 1 unspecified atom stereocenters. The van der Waals surface area contributed by atoms with Crippen molar-refractivity contribution >= 4 is 5.97 Å². The maximum atomic E-state index is 10.7. The van der Waals surface area contributed by atoms with Crippen molar-refractivity contribution in [2.45, 2.75) is 90.4 Å². The Balaban J connectivity index is 3.26. The standard InChI is InChI=1S/C19H36O3/c1-2-3-4-5-6-7-8-9-10-11-12-13-14-15-16-18(17-20)19(21)22/h10-11,18,20H,2-9,12-17H2,1H3,(H,21,22)/b11-10+. The fourth-order valence-corrected chi connectivity index (χ4v) is 2.58. The number of unbranched alkanes of at least 4 members (excludes halogenated alkanes) is 10. The van der Waals surface area contributed by atoms with Crippen LogP contribution in [-0.2, 0) is 4.79 Å². The molecular weight excluding hydrogens is 276 g/mol. The second-order valence-electron chi connectivity index (χ2n) is 6.24. The van der Waals surface area contributed by atoms with Gasteiger partial charge in [-0.1, -0.05) is 70.4 Å². The van der Waals surface area contributed by atoms with Gasteiger partial charge in [0.2, 0.25) is 0 Å². The van der Waals surface area contributed by atoms with Crippen LogP contribution in [0.4, 0.5) is 0 Å². The van der Waals surface area contributed by atoms with Gasteiger partial charge in [0.15, 0.2) is 0 Å². The molecule has 130 valence electrons. The highest BCUT2D eigenvalue weighted by atomic mass is 16.4. The fourth-order valence-electron chi connectivity index (χ4n) is 2.58. The monoisotopic (exact) mass is 312 g/mol. The summed E-state index contributed by atoms with van der Waals surface area (Å²) in [6.07, 6.45) is 20.0. The van der Waals surface area contributed by atoms with Crippen LogP contribution in [0.2, 0.25) is 0 Å². The number of allylic oxidation sites excluding steroid dienone is 2. The Labute approximate surface area is 136 Å². The van der Waals surface area contributed by atoms with Crippen LogP contribution in [0.15, 0.2) is 12.2 Å². The first kappa shape index (κ1) is 21.2. The summed E-state index contributed by atoms with van der Waals surface area (Å²) >= 11 is 0. The van der Waals surface area contributed by atoms with Crippen LogP contribution < -0.4 is 0 Å². The first-order chi connectivity index (χ1) is 10.7. The average molecular weight is 312 g/mol. The lowest BCUT2D eigenvalue weighted by atomic mass is 10.0. The maximum Gasteiger partial charge on any atom is 0.308 e. The van der Waals surface area contributed by atoms with Crippen LogP contribution in [0.1, 0.15) is 90.4 Å². The summed E-state index contributed by atoms with van der Waals surface area (Å²) in [7, 11) is 0. The minimum absolute atomic E-state index is 0.242. The van der Waals surface area contributed by atoms with Crippen molar-refractivity contribution in [3.8, 4) is 0 Å². The molecule has 0 aliphatic carbocycles. The molecule has 0 saturated carbocycles. The summed E-state index contributed by atoms with van der Waals surface area (Å²) in [5, 5.41) is 17.7. The molecule has 0 fully saturated rings. The lowest BCUT2D eigenvalue weighted by Crippen LogP contribution is -2.17. The molecule has 0 rings (SSSR count). The van der Waals surface area contributed by atoms with Gasteiger partial charge in [0.25, 0.3) is 0 Å². The summed E-state index contributed by atoms with van der Waals surface area (Å²) in [6.45, 7) is 2.01. The molecule has 0 amide bonds. The Morgan fingerprint density at radius 3 is 1.86 bits per heavy atom. The number of rotatable bonds is 16. The lowest BCUT2D eigenvalue weighted by molar-refractivity contribution is -0.143. The Bertz CT molecular complexity index is 274. The number of hydrogen-bond donors (Lipinski definition) is 2. The van der Waals surface area contributed by atoms with Gasteiger partial charge in [-0.3, -0.25) is 4.79 Å². The van der Waals surface area contributed by atoms with Crippen LogP contribution in [0, 0.1) is 5.92 Å². The van der Waals surface area contributed by atoms with Crippen molar-refractivity contribution in [1.82, 2.24) is 0 Å². The van der Waals surface area contributed by atoms with E-state index in [1.54, 1.807) is 0 Å². The van der Waals surface area contributed by atoms with E-state index in [1.165, 1.54) is 51.4 Å². The van der Waals surface area contributed by atoms with Crippen LogP contribution in [0.25, 0.3) is 0 Å². The van der Waals surface area contributed by atoms with Crippen LogP contribution in [-0.4, -0.2) is 22.8 Å². The van der Waals surface area contributed by atoms with E-state index in [1.807, 2.05) is 0 Å². The lowest BCUT2D eigenvalue weighted by Gasteiger charge is -2.07. The second-order valence-corrected chi connectivity index (χ2v) is 6.24. The third-order valence-electron chi connectivity index (χ3n) is 4.13. The first-order valence-corrected chi connectivity index (χ1v) is 9.21. The molecule has 3 nitrogen and oxygen atoms in total. The van der Waals surface area contributed by atoms with Gasteiger partial charge >= 0.3 is 5.97 Å². The number of aliphatic hydroxyl groups is 1. The molecule has 0 aliphatic rings. The number of carbonyl (C=O) groups is 1. The smallest absolute Gasteiger partial charge is 0.308 e. The zero-order chi connectivity index (χ0) is 16.5. The van der Waals surface area contributed by atoms with E-state index < -0.39 is 11.9 Å². The Hall–Kier alpha value is -0.830. The molecule has 22 heavy (non-hydrogen) atoms. The molecule has 0 radical (unpaired) electrons. The molecule has 0 spiro atoms. The van der Waals surface area contributed by atoms with Crippen molar-refractivity contribution in [2.75, 3.05) is 6.61 Å². The number of carboxylic acid groups (broad SMARTS) is 1. The van der Waals surface area contributed by atoms with Gasteiger partial charge in [-0.2, -0.15) is 0 Å². The van der Waals surface area contributed by atoms with E-state index in [-0.39, 0.29) is 6.61 Å². The molecular formula is C19H36O3. The SMILES string of the molecule is CCCCCCCCC/C=C/CCCCCC(CO)C(=O)O. The number of aliphatic carboxylic acids is 1. The largest absolute Gasteiger partial charge is 0.481 e. The topological polar surface area (TPSA) is 57.5 Å². The molecule has 1 atom stereocenters. The molecule has 0 aromatic heterocycles. The van der Waals surface area contributed by atoms with E-state index in [9.17, 15) is 4.79 Å². The summed E-state index contributed by atoms with van der Waals surface area (Å²) in [5.74, 6) is -1.45. The third-order valence-corrected chi connectivity index (χ3v) is 4.13. The van der Waals surface area contributed by atoms with E-state index >= 15 is 0 Å². The molecule has 0 saturated heterocycles. The van der Waals surface area contributed by atoms with E-state index in [2.05, 4.69) is 19.1 Å². The van der Waals surface area contributed by atoms with Crippen molar-refractivity contribution in [1.29, 1.82) is 0 Å². The second kappa shape index (κ2) is 16.5. The minimum atomic E-state index is -0.878. The van der Waals surface area contributed by atoms with E-state index in [4.69, 9.17) is 10.2 Å².